The molecule has 0 aliphatic heterocycles. The van der Waals surface area contributed by atoms with Crippen LogP contribution in [0, 0.1) is 6.92 Å². The minimum atomic E-state index is 0.452. The fourth-order valence-corrected chi connectivity index (χ4v) is 1.25. The van der Waals surface area contributed by atoms with Gasteiger partial charge in [0.2, 0.25) is 0 Å². The lowest BCUT2D eigenvalue weighted by Gasteiger charge is -2.01. The fourth-order valence-electron chi connectivity index (χ4n) is 1.25. The van der Waals surface area contributed by atoms with Crippen LogP contribution in [0.2, 0.25) is 0 Å². The summed E-state index contributed by atoms with van der Waals surface area (Å²) in [5, 5.41) is 4.17. The highest BCUT2D eigenvalue weighted by atomic mass is 15.3. The van der Waals surface area contributed by atoms with E-state index in [1.54, 1.807) is 10.9 Å². The fraction of sp³-hybridized carbons (Fsp3) is 0.200. The van der Waals surface area contributed by atoms with Crippen LogP contribution < -0.4 is 5.73 Å². The molecule has 0 saturated carbocycles. The van der Waals surface area contributed by atoms with Gasteiger partial charge in [-0.05, 0) is 24.6 Å². The summed E-state index contributed by atoms with van der Waals surface area (Å²) in [5.74, 6) is 0.807. The summed E-state index contributed by atoms with van der Waals surface area (Å²) in [7, 11) is 0. The summed E-state index contributed by atoms with van der Waals surface area (Å²) in [6.45, 7) is 2.45. The summed E-state index contributed by atoms with van der Waals surface area (Å²) in [4.78, 5) is 4.35. The first-order valence-corrected chi connectivity index (χ1v) is 4.47. The molecule has 0 unspecified atom stereocenters. The normalized spacial score (nSPS) is 10.4. The topological polar surface area (TPSA) is 56.7 Å². The second-order valence-corrected chi connectivity index (χ2v) is 3.15. The average Bonchev–Trinajstić information content (AvgIpc) is 2.65. The van der Waals surface area contributed by atoms with Crippen molar-refractivity contribution in [2.24, 2.45) is 5.73 Å². The summed E-state index contributed by atoms with van der Waals surface area (Å²) >= 11 is 0. The highest BCUT2D eigenvalue weighted by Gasteiger charge is 1.99. The van der Waals surface area contributed by atoms with Crippen molar-refractivity contribution in [3.8, 4) is 5.82 Å². The van der Waals surface area contributed by atoms with Crippen molar-refractivity contribution < 1.29 is 0 Å². The van der Waals surface area contributed by atoms with Gasteiger partial charge >= 0.3 is 0 Å². The van der Waals surface area contributed by atoms with Gasteiger partial charge in [0.25, 0.3) is 0 Å². The molecular formula is C10H12N4. The van der Waals surface area contributed by atoms with E-state index in [1.807, 2.05) is 31.3 Å². The standard InChI is InChI=1S/C10H12N4/c1-8-6-12-14(7-8)10-4-2-3-9(5-11)13-10/h2-4,6-7H,5,11H2,1H3. The third kappa shape index (κ3) is 1.65. The molecule has 2 rings (SSSR count). The maximum Gasteiger partial charge on any atom is 0.153 e. The van der Waals surface area contributed by atoms with Crippen molar-refractivity contribution in [3.05, 3.63) is 41.9 Å². The van der Waals surface area contributed by atoms with Crippen molar-refractivity contribution in [2.45, 2.75) is 13.5 Å². The number of rotatable bonds is 2. The quantitative estimate of drug-likeness (QED) is 0.766. The van der Waals surface area contributed by atoms with Crippen molar-refractivity contribution >= 4 is 0 Å². The highest BCUT2D eigenvalue weighted by Crippen LogP contribution is 2.05. The van der Waals surface area contributed by atoms with Crippen LogP contribution in [-0.2, 0) is 6.54 Å². The van der Waals surface area contributed by atoms with Crippen LogP contribution in [-0.4, -0.2) is 14.8 Å². The van der Waals surface area contributed by atoms with E-state index in [0.717, 1.165) is 17.1 Å². The molecule has 72 valence electrons. The molecule has 4 nitrogen and oxygen atoms in total. The number of nitrogens with zero attached hydrogens (tertiary/aromatic N) is 3. The molecule has 4 heteroatoms. The third-order valence-electron chi connectivity index (χ3n) is 1.95. The molecule has 2 N–H and O–H groups in total. The maximum absolute atomic E-state index is 5.51. The first-order chi connectivity index (χ1) is 6.79. The van der Waals surface area contributed by atoms with Crippen molar-refractivity contribution in [1.82, 2.24) is 14.8 Å². The average molecular weight is 188 g/mol. The summed E-state index contributed by atoms with van der Waals surface area (Å²) in [5.41, 5.74) is 7.50. The Morgan fingerprint density at radius 1 is 1.43 bits per heavy atom. The van der Waals surface area contributed by atoms with Gasteiger partial charge in [0.15, 0.2) is 5.82 Å². The van der Waals surface area contributed by atoms with E-state index < -0.39 is 0 Å². The minimum Gasteiger partial charge on any atom is -0.325 e. The zero-order chi connectivity index (χ0) is 9.97. The maximum atomic E-state index is 5.51. The van der Waals surface area contributed by atoms with Crippen LogP contribution in [0.25, 0.3) is 5.82 Å². The third-order valence-corrected chi connectivity index (χ3v) is 1.95. The molecule has 14 heavy (non-hydrogen) atoms. The van der Waals surface area contributed by atoms with E-state index in [-0.39, 0.29) is 0 Å². The molecule has 2 heterocycles. The lowest BCUT2D eigenvalue weighted by Crippen LogP contribution is -2.04. The van der Waals surface area contributed by atoms with E-state index >= 15 is 0 Å². The number of nitrogens with two attached hydrogens (primary N) is 1. The first kappa shape index (κ1) is 8.90. The van der Waals surface area contributed by atoms with Gasteiger partial charge in [-0.3, -0.25) is 0 Å². The van der Waals surface area contributed by atoms with Crippen molar-refractivity contribution in [1.29, 1.82) is 0 Å². The van der Waals surface area contributed by atoms with Crippen molar-refractivity contribution in [2.75, 3.05) is 0 Å². The molecule has 0 aromatic carbocycles. The lowest BCUT2D eigenvalue weighted by molar-refractivity contribution is 0.829. The van der Waals surface area contributed by atoms with Crippen LogP contribution in [0.15, 0.2) is 30.6 Å². The van der Waals surface area contributed by atoms with Gasteiger partial charge < -0.3 is 5.73 Å². The molecule has 2 aromatic rings. The Morgan fingerprint density at radius 3 is 2.93 bits per heavy atom. The molecule has 0 spiro atoms. The van der Waals surface area contributed by atoms with E-state index in [1.165, 1.54) is 0 Å². The molecule has 0 radical (unpaired) electrons. The molecule has 0 aliphatic rings. The van der Waals surface area contributed by atoms with Gasteiger partial charge in [-0.15, -0.1) is 0 Å². The first-order valence-electron chi connectivity index (χ1n) is 4.47. The molecule has 0 saturated heterocycles. The van der Waals surface area contributed by atoms with Crippen LogP contribution in [0.3, 0.4) is 0 Å². The molecule has 0 bridgehead atoms. The van der Waals surface area contributed by atoms with Crippen LogP contribution >= 0.6 is 0 Å². The highest BCUT2D eigenvalue weighted by molar-refractivity contribution is 5.24. The van der Waals surface area contributed by atoms with Crippen LogP contribution in [0.1, 0.15) is 11.3 Å². The van der Waals surface area contributed by atoms with E-state index in [9.17, 15) is 0 Å². The smallest absolute Gasteiger partial charge is 0.153 e. The molecule has 0 amide bonds. The van der Waals surface area contributed by atoms with Crippen molar-refractivity contribution in [3.63, 3.8) is 0 Å². The van der Waals surface area contributed by atoms with Gasteiger partial charge in [-0.2, -0.15) is 5.10 Å². The van der Waals surface area contributed by atoms with E-state index in [2.05, 4.69) is 10.1 Å². The summed E-state index contributed by atoms with van der Waals surface area (Å²) in [6.07, 6.45) is 3.74. The largest absolute Gasteiger partial charge is 0.325 e. The predicted molar refractivity (Wildman–Crippen MR) is 54.0 cm³/mol. The Morgan fingerprint density at radius 2 is 2.29 bits per heavy atom. The van der Waals surface area contributed by atoms with Gasteiger partial charge in [0.05, 0.1) is 11.9 Å². The lowest BCUT2D eigenvalue weighted by atomic mass is 10.3. The van der Waals surface area contributed by atoms with E-state index in [0.29, 0.717) is 6.54 Å². The molecule has 0 atom stereocenters. The van der Waals surface area contributed by atoms with Gasteiger partial charge in [0.1, 0.15) is 0 Å². The predicted octanol–water partition coefficient (Wildman–Crippen LogP) is 1.03. The van der Waals surface area contributed by atoms with Gasteiger partial charge in [-0.25, -0.2) is 9.67 Å². The van der Waals surface area contributed by atoms with Crippen LogP contribution in [0.4, 0.5) is 0 Å². The summed E-state index contributed by atoms with van der Waals surface area (Å²) < 4.78 is 1.74. The monoisotopic (exact) mass is 188 g/mol. The van der Waals surface area contributed by atoms with E-state index in [4.69, 9.17) is 5.73 Å². The SMILES string of the molecule is Cc1cnn(-c2cccc(CN)n2)c1. The zero-order valence-corrected chi connectivity index (χ0v) is 8.01. The summed E-state index contributed by atoms with van der Waals surface area (Å²) in [6, 6.07) is 5.74. The Kier molecular flexibility index (Phi) is 2.28. The number of aryl methyl sites for hydroxylation is 1. The molecule has 2 aromatic heterocycles. The van der Waals surface area contributed by atoms with Gasteiger partial charge in [0, 0.05) is 12.7 Å². The number of aromatic nitrogens is 3. The Balaban J connectivity index is 2.41. The number of hydrogen-bond acceptors (Lipinski definition) is 3. The minimum absolute atomic E-state index is 0.452. The Hall–Kier alpha value is -1.68. The molecule has 0 fully saturated rings. The second-order valence-electron chi connectivity index (χ2n) is 3.15. The van der Waals surface area contributed by atoms with Gasteiger partial charge in [-0.1, -0.05) is 6.07 Å². The number of hydrogen-bond donors (Lipinski definition) is 1. The number of pyridine rings is 1. The Bertz CT molecular complexity index is 433. The Labute approximate surface area is 82.4 Å². The zero-order valence-electron chi connectivity index (χ0n) is 8.01. The second kappa shape index (κ2) is 3.59. The molecular weight excluding hydrogens is 176 g/mol. The van der Waals surface area contributed by atoms with Crippen LogP contribution in [0.5, 0.6) is 0 Å². The molecule has 0 aliphatic carbocycles.